The van der Waals surface area contributed by atoms with Crippen LogP contribution in [0.3, 0.4) is 0 Å². The molecule has 1 aromatic rings. The average molecular weight is 195 g/mol. The Labute approximate surface area is 79.8 Å². The summed E-state index contributed by atoms with van der Waals surface area (Å²) in [5.41, 5.74) is 4.99. The molecule has 0 aliphatic carbocycles. The Kier molecular flexibility index (Phi) is 2.83. The Morgan fingerprint density at radius 1 is 1.50 bits per heavy atom. The number of aromatic hydroxyl groups is 1. The Morgan fingerprint density at radius 3 is 2.64 bits per heavy atom. The fourth-order valence-corrected chi connectivity index (χ4v) is 1.07. The first-order valence-corrected chi connectivity index (χ1v) is 3.81. The summed E-state index contributed by atoms with van der Waals surface area (Å²) in [5, 5.41) is 18.3. The summed E-state index contributed by atoms with van der Waals surface area (Å²) >= 11 is 0. The van der Waals surface area contributed by atoms with E-state index < -0.39 is 12.0 Å². The van der Waals surface area contributed by atoms with Gasteiger partial charge in [-0.2, -0.15) is 0 Å². The number of aliphatic hydroxyl groups is 1. The highest BCUT2D eigenvalue weighted by molar-refractivity contribution is 5.86. The van der Waals surface area contributed by atoms with Crippen LogP contribution in [0.4, 0.5) is 0 Å². The number of benzene rings is 1. The van der Waals surface area contributed by atoms with Crippen LogP contribution in [0.1, 0.15) is 22.0 Å². The molecule has 0 aliphatic rings. The van der Waals surface area contributed by atoms with E-state index in [1.165, 1.54) is 12.1 Å². The van der Waals surface area contributed by atoms with E-state index in [1.807, 2.05) is 0 Å². The van der Waals surface area contributed by atoms with Gasteiger partial charge >= 0.3 is 0 Å². The molecular weight excluding hydrogens is 186 g/mol. The minimum atomic E-state index is -1.53. The number of phenols is 1. The smallest absolute Gasteiger partial charge is 0.250 e. The molecule has 0 saturated carbocycles. The first-order valence-electron chi connectivity index (χ1n) is 3.81. The van der Waals surface area contributed by atoms with E-state index in [0.717, 1.165) is 6.07 Å². The largest absolute Gasteiger partial charge is 0.508 e. The van der Waals surface area contributed by atoms with Crippen LogP contribution in [0.15, 0.2) is 18.2 Å². The zero-order valence-electron chi connectivity index (χ0n) is 7.18. The van der Waals surface area contributed by atoms with Crippen molar-refractivity contribution < 1.29 is 19.8 Å². The van der Waals surface area contributed by atoms with E-state index in [9.17, 15) is 14.7 Å². The van der Waals surface area contributed by atoms with Crippen LogP contribution in [-0.2, 0) is 4.79 Å². The quantitative estimate of drug-likeness (QED) is 0.577. The number of carbonyl (C=O) groups is 2. The minimum Gasteiger partial charge on any atom is -0.508 e. The molecule has 4 N–H and O–H groups in total. The molecule has 5 heteroatoms. The highest BCUT2D eigenvalue weighted by Gasteiger charge is 2.17. The number of aliphatic hydroxyl groups excluding tert-OH is 1. The lowest BCUT2D eigenvalue weighted by Crippen LogP contribution is -2.21. The van der Waals surface area contributed by atoms with Gasteiger partial charge in [0.05, 0.1) is 0 Å². The number of amides is 1. The van der Waals surface area contributed by atoms with Crippen molar-refractivity contribution in [3.63, 3.8) is 0 Å². The number of phenolic OH excluding ortho intramolecular Hbond substituents is 1. The molecule has 1 amide bonds. The number of hydrogen-bond donors (Lipinski definition) is 3. The SMILES string of the molecule is NC(=O)C(O)c1ccc(O)cc1C=O. The van der Waals surface area contributed by atoms with Crippen LogP contribution < -0.4 is 5.73 Å². The second-order valence-corrected chi connectivity index (χ2v) is 2.74. The van der Waals surface area contributed by atoms with Gasteiger partial charge in [-0.15, -0.1) is 0 Å². The number of carbonyl (C=O) groups excluding carboxylic acids is 2. The van der Waals surface area contributed by atoms with Gasteiger partial charge in [0.25, 0.3) is 5.91 Å². The lowest BCUT2D eigenvalue weighted by atomic mass is 10.0. The van der Waals surface area contributed by atoms with Gasteiger partial charge in [-0.1, -0.05) is 6.07 Å². The maximum Gasteiger partial charge on any atom is 0.250 e. The molecule has 0 saturated heterocycles. The highest BCUT2D eigenvalue weighted by atomic mass is 16.3. The first-order chi connectivity index (χ1) is 6.56. The standard InChI is InChI=1S/C9H9NO4/c10-9(14)8(13)7-2-1-6(12)3-5(7)4-11/h1-4,8,12-13H,(H2,10,14). The summed E-state index contributed by atoms with van der Waals surface area (Å²) < 4.78 is 0. The molecule has 0 heterocycles. The van der Waals surface area contributed by atoms with Crippen LogP contribution >= 0.6 is 0 Å². The van der Waals surface area contributed by atoms with Gasteiger partial charge in [0, 0.05) is 11.1 Å². The predicted molar refractivity (Wildman–Crippen MR) is 47.6 cm³/mol. The summed E-state index contributed by atoms with van der Waals surface area (Å²) in [6.07, 6.45) is -1.10. The predicted octanol–water partition coefficient (Wildman–Crippen LogP) is -0.277. The van der Waals surface area contributed by atoms with Crippen molar-refractivity contribution in [2.24, 2.45) is 5.73 Å². The normalized spacial score (nSPS) is 12.1. The maximum absolute atomic E-state index is 10.6. The zero-order chi connectivity index (χ0) is 10.7. The molecule has 1 aromatic carbocycles. The van der Waals surface area contributed by atoms with E-state index >= 15 is 0 Å². The second kappa shape index (κ2) is 3.89. The summed E-state index contributed by atoms with van der Waals surface area (Å²) in [7, 11) is 0. The summed E-state index contributed by atoms with van der Waals surface area (Å²) in [4.78, 5) is 21.2. The molecule has 1 rings (SSSR count). The van der Waals surface area contributed by atoms with Gasteiger partial charge in [0.2, 0.25) is 0 Å². The van der Waals surface area contributed by atoms with Crippen molar-refractivity contribution in [1.29, 1.82) is 0 Å². The van der Waals surface area contributed by atoms with E-state index in [-0.39, 0.29) is 16.9 Å². The Morgan fingerprint density at radius 2 is 2.14 bits per heavy atom. The number of hydrogen-bond acceptors (Lipinski definition) is 4. The molecule has 0 aliphatic heterocycles. The summed E-state index contributed by atoms with van der Waals surface area (Å²) in [6, 6.07) is 3.68. The Bertz CT molecular complexity index is 375. The second-order valence-electron chi connectivity index (χ2n) is 2.74. The van der Waals surface area contributed by atoms with Gasteiger partial charge < -0.3 is 15.9 Å². The number of nitrogens with two attached hydrogens (primary N) is 1. The van der Waals surface area contributed by atoms with Gasteiger partial charge in [0.15, 0.2) is 12.4 Å². The first kappa shape index (κ1) is 10.2. The van der Waals surface area contributed by atoms with E-state index in [0.29, 0.717) is 6.29 Å². The van der Waals surface area contributed by atoms with Crippen molar-refractivity contribution in [3.8, 4) is 5.75 Å². The topological polar surface area (TPSA) is 101 Å². The summed E-state index contributed by atoms with van der Waals surface area (Å²) in [6.45, 7) is 0. The van der Waals surface area contributed by atoms with E-state index in [4.69, 9.17) is 10.8 Å². The Balaban J connectivity index is 3.20. The Hall–Kier alpha value is -1.88. The van der Waals surface area contributed by atoms with Crippen molar-refractivity contribution in [2.45, 2.75) is 6.10 Å². The van der Waals surface area contributed by atoms with Crippen molar-refractivity contribution in [2.75, 3.05) is 0 Å². The maximum atomic E-state index is 10.6. The molecule has 14 heavy (non-hydrogen) atoms. The van der Waals surface area contributed by atoms with E-state index in [2.05, 4.69) is 0 Å². The molecule has 1 unspecified atom stereocenters. The zero-order valence-corrected chi connectivity index (χ0v) is 7.18. The molecule has 0 aromatic heterocycles. The average Bonchev–Trinajstić information content (AvgIpc) is 2.16. The fourth-order valence-electron chi connectivity index (χ4n) is 1.07. The van der Waals surface area contributed by atoms with Crippen molar-refractivity contribution in [1.82, 2.24) is 0 Å². The number of primary amides is 1. The number of aldehydes is 1. The van der Waals surface area contributed by atoms with Gasteiger partial charge in [-0.3, -0.25) is 9.59 Å². The molecule has 1 atom stereocenters. The van der Waals surface area contributed by atoms with E-state index in [1.54, 1.807) is 0 Å². The van der Waals surface area contributed by atoms with Crippen molar-refractivity contribution in [3.05, 3.63) is 29.3 Å². The van der Waals surface area contributed by atoms with Crippen LogP contribution in [0.5, 0.6) is 5.75 Å². The van der Waals surface area contributed by atoms with Crippen LogP contribution in [0.2, 0.25) is 0 Å². The third-order valence-electron chi connectivity index (χ3n) is 1.76. The molecule has 74 valence electrons. The molecule has 5 nitrogen and oxygen atoms in total. The lowest BCUT2D eigenvalue weighted by molar-refractivity contribution is -0.126. The number of rotatable bonds is 3. The van der Waals surface area contributed by atoms with Crippen LogP contribution in [-0.4, -0.2) is 22.4 Å². The monoisotopic (exact) mass is 195 g/mol. The van der Waals surface area contributed by atoms with Gasteiger partial charge in [-0.25, -0.2) is 0 Å². The van der Waals surface area contributed by atoms with Crippen LogP contribution in [0, 0.1) is 0 Å². The highest BCUT2D eigenvalue weighted by Crippen LogP contribution is 2.20. The fraction of sp³-hybridized carbons (Fsp3) is 0.111. The molecule has 0 spiro atoms. The van der Waals surface area contributed by atoms with Crippen molar-refractivity contribution >= 4 is 12.2 Å². The minimum absolute atomic E-state index is 0.0382. The molecule has 0 bridgehead atoms. The summed E-state index contributed by atoms with van der Waals surface area (Å²) in [5.74, 6) is -1.06. The van der Waals surface area contributed by atoms with Gasteiger partial charge in [-0.05, 0) is 12.1 Å². The third-order valence-corrected chi connectivity index (χ3v) is 1.76. The molecular formula is C9H9NO4. The van der Waals surface area contributed by atoms with Crippen LogP contribution in [0.25, 0.3) is 0 Å². The molecule has 0 fully saturated rings. The van der Waals surface area contributed by atoms with Gasteiger partial charge in [0.1, 0.15) is 5.75 Å². The third kappa shape index (κ3) is 1.89. The molecule has 0 radical (unpaired) electrons. The lowest BCUT2D eigenvalue weighted by Gasteiger charge is -2.09.